The number of carbonyl (C=O) groups is 1. The van der Waals surface area contributed by atoms with Crippen molar-refractivity contribution in [2.24, 2.45) is 5.92 Å². The molecule has 1 fully saturated rings. The normalized spacial score (nSPS) is 14.9. The number of halogens is 1. The summed E-state index contributed by atoms with van der Waals surface area (Å²) in [6, 6.07) is 4.97. The lowest BCUT2D eigenvalue weighted by Gasteiger charge is -2.33. The lowest BCUT2D eigenvalue weighted by molar-refractivity contribution is -0.120. The summed E-state index contributed by atoms with van der Waals surface area (Å²) in [5.74, 6) is 0.521. The molecule has 2 aromatic heterocycles. The van der Waals surface area contributed by atoms with Crippen LogP contribution in [-0.2, 0) is 11.2 Å². The molecule has 7 nitrogen and oxygen atoms in total. The second-order valence-electron chi connectivity index (χ2n) is 7.02. The van der Waals surface area contributed by atoms with Crippen molar-refractivity contribution in [1.82, 2.24) is 15.1 Å². The third-order valence-corrected chi connectivity index (χ3v) is 5.69. The van der Waals surface area contributed by atoms with Gasteiger partial charge in [0, 0.05) is 42.6 Å². The topological polar surface area (TPSA) is 84.2 Å². The number of piperidine rings is 1. The first kappa shape index (κ1) is 19.5. The number of rotatable bonds is 6. The molecule has 0 bridgehead atoms. The molecular formula is C20H22FN5O2S. The lowest BCUT2D eigenvalue weighted by Crippen LogP contribution is -2.38. The highest BCUT2D eigenvalue weighted by Crippen LogP contribution is 2.29. The Morgan fingerprint density at radius 1 is 1.38 bits per heavy atom. The van der Waals surface area contributed by atoms with E-state index in [1.54, 1.807) is 18.3 Å². The number of nitrogens with zero attached hydrogens (tertiary/aromatic N) is 4. The summed E-state index contributed by atoms with van der Waals surface area (Å²) in [7, 11) is 0. The van der Waals surface area contributed by atoms with Crippen molar-refractivity contribution < 1.29 is 13.7 Å². The average molecular weight is 415 g/mol. The van der Waals surface area contributed by atoms with Crippen LogP contribution in [0.5, 0.6) is 0 Å². The number of benzene rings is 1. The monoisotopic (exact) mass is 415 g/mol. The summed E-state index contributed by atoms with van der Waals surface area (Å²) in [4.78, 5) is 22.7. The van der Waals surface area contributed by atoms with Crippen LogP contribution in [0.4, 0.5) is 15.2 Å². The van der Waals surface area contributed by atoms with E-state index in [-0.39, 0.29) is 17.6 Å². The molecule has 29 heavy (non-hydrogen) atoms. The molecule has 0 spiro atoms. The zero-order valence-electron chi connectivity index (χ0n) is 16.1. The fourth-order valence-corrected chi connectivity index (χ4v) is 4.00. The van der Waals surface area contributed by atoms with E-state index in [1.165, 1.54) is 17.4 Å². The Morgan fingerprint density at radius 3 is 2.90 bits per heavy atom. The molecule has 1 aliphatic heterocycles. The summed E-state index contributed by atoms with van der Waals surface area (Å²) in [6.07, 6.45) is 4.65. The first-order chi connectivity index (χ1) is 14.1. The predicted molar refractivity (Wildman–Crippen MR) is 109 cm³/mol. The number of amides is 1. The van der Waals surface area contributed by atoms with Gasteiger partial charge >= 0.3 is 0 Å². The lowest BCUT2D eigenvalue weighted by atomic mass is 9.95. The van der Waals surface area contributed by atoms with Crippen LogP contribution in [0.1, 0.15) is 32.0 Å². The van der Waals surface area contributed by atoms with Gasteiger partial charge in [0.1, 0.15) is 5.82 Å². The second-order valence-corrected chi connectivity index (χ2v) is 7.91. The zero-order valence-corrected chi connectivity index (χ0v) is 16.9. The molecule has 3 aromatic rings. The molecule has 1 N–H and O–H groups in total. The number of carbonyl (C=O) groups excluding carboxylic acids is 1. The predicted octanol–water partition coefficient (Wildman–Crippen LogP) is 4.14. The fraction of sp³-hybridized carbons (Fsp3) is 0.400. The molecule has 0 unspecified atom stereocenters. The van der Waals surface area contributed by atoms with Gasteiger partial charge in [-0.3, -0.25) is 4.79 Å². The first-order valence-electron chi connectivity index (χ1n) is 9.72. The minimum Gasteiger partial charge on any atom is -0.369 e. The van der Waals surface area contributed by atoms with E-state index in [1.807, 2.05) is 17.2 Å². The van der Waals surface area contributed by atoms with Gasteiger partial charge < -0.3 is 14.7 Å². The maximum Gasteiger partial charge on any atom is 0.258 e. The second kappa shape index (κ2) is 8.69. The Balaban J connectivity index is 1.38. The molecule has 1 aromatic carbocycles. The summed E-state index contributed by atoms with van der Waals surface area (Å²) < 4.78 is 20.0. The Labute approximate surface area is 172 Å². The summed E-state index contributed by atoms with van der Waals surface area (Å²) in [5.41, 5.74) is 1.10. The third kappa shape index (κ3) is 4.45. The van der Waals surface area contributed by atoms with Crippen molar-refractivity contribution in [1.29, 1.82) is 0 Å². The highest BCUT2D eigenvalue weighted by molar-refractivity contribution is 7.13. The maximum absolute atomic E-state index is 14.8. The largest absolute Gasteiger partial charge is 0.369 e. The van der Waals surface area contributed by atoms with Crippen molar-refractivity contribution in [3.63, 3.8) is 0 Å². The molecule has 1 saturated heterocycles. The Bertz CT molecular complexity index is 967. The van der Waals surface area contributed by atoms with Crippen molar-refractivity contribution in [3.05, 3.63) is 41.4 Å². The summed E-state index contributed by atoms with van der Waals surface area (Å²) in [6.45, 7) is 3.28. The number of aromatic nitrogens is 3. The highest BCUT2D eigenvalue weighted by atomic mass is 32.1. The van der Waals surface area contributed by atoms with E-state index in [9.17, 15) is 9.18 Å². The van der Waals surface area contributed by atoms with Crippen molar-refractivity contribution in [2.45, 2.75) is 32.6 Å². The molecule has 0 atom stereocenters. The molecule has 1 aliphatic rings. The molecule has 3 heterocycles. The van der Waals surface area contributed by atoms with Gasteiger partial charge in [-0.15, -0.1) is 11.3 Å². The van der Waals surface area contributed by atoms with Crippen LogP contribution < -0.4 is 10.2 Å². The van der Waals surface area contributed by atoms with Crippen LogP contribution in [0.15, 0.2) is 34.3 Å². The van der Waals surface area contributed by atoms with E-state index in [0.717, 1.165) is 12.8 Å². The Kier molecular flexibility index (Phi) is 5.84. The number of thiazole rings is 1. The fourth-order valence-electron chi connectivity index (χ4n) is 3.47. The smallest absolute Gasteiger partial charge is 0.258 e. The highest BCUT2D eigenvalue weighted by Gasteiger charge is 2.27. The molecule has 9 heteroatoms. The minimum atomic E-state index is -0.330. The van der Waals surface area contributed by atoms with Crippen LogP contribution in [0.3, 0.4) is 0 Å². The van der Waals surface area contributed by atoms with Crippen LogP contribution in [0, 0.1) is 11.7 Å². The van der Waals surface area contributed by atoms with E-state index in [4.69, 9.17) is 4.52 Å². The molecule has 0 aliphatic carbocycles. The maximum atomic E-state index is 14.8. The van der Waals surface area contributed by atoms with Gasteiger partial charge in [0.25, 0.3) is 5.89 Å². The molecule has 152 valence electrons. The van der Waals surface area contributed by atoms with Gasteiger partial charge in [-0.05, 0) is 37.5 Å². The summed E-state index contributed by atoms with van der Waals surface area (Å²) in [5, 5.41) is 9.20. The first-order valence-corrected chi connectivity index (χ1v) is 10.6. The van der Waals surface area contributed by atoms with E-state index in [0.29, 0.717) is 54.0 Å². The summed E-state index contributed by atoms with van der Waals surface area (Å²) >= 11 is 1.40. The van der Waals surface area contributed by atoms with Crippen molar-refractivity contribution in [2.75, 3.05) is 23.3 Å². The van der Waals surface area contributed by atoms with Gasteiger partial charge in [-0.2, -0.15) is 4.98 Å². The van der Waals surface area contributed by atoms with Crippen LogP contribution in [-0.4, -0.2) is 34.1 Å². The molecule has 1 amide bonds. The SMILES string of the molecule is CCCc1noc(-c2ccc(N3CCC(C(=O)Nc4nccs4)CC3)c(F)c2)n1. The number of aryl methyl sites for hydroxylation is 1. The zero-order chi connectivity index (χ0) is 20.2. The number of nitrogens with one attached hydrogen (secondary N) is 1. The van der Waals surface area contributed by atoms with E-state index < -0.39 is 0 Å². The quantitative estimate of drug-likeness (QED) is 0.651. The van der Waals surface area contributed by atoms with Crippen molar-refractivity contribution >= 4 is 28.1 Å². The van der Waals surface area contributed by atoms with Gasteiger partial charge in [0.05, 0.1) is 5.69 Å². The number of hydrogen-bond donors (Lipinski definition) is 1. The third-order valence-electron chi connectivity index (χ3n) is 5.01. The van der Waals surface area contributed by atoms with E-state index in [2.05, 4.69) is 20.4 Å². The van der Waals surface area contributed by atoms with Gasteiger partial charge in [0.15, 0.2) is 11.0 Å². The Hall–Kier alpha value is -2.81. The van der Waals surface area contributed by atoms with Gasteiger partial charge in [-0.1, -0.05) is 12.1 Å². The number of anilines is 2. The number of hydrogen-bond acceptors (Lipinski definition) is 7. The minimum absolute atomic E-state index is 0.0188. The molecule has 4 rings (SSSR count). The van der Waals surface area contributed by atoms with Crippen LogP contribution in [0.25, 0.3) is 11.5 Å². The molecule has 0 radical (unpaired) electrons. The average Bonchev–Trinajstić information content (AvgIpc) is 3.41. The molecular weight excluding hydrogens is 393 g/mol. The van der Waals surface area contributed by atoms with E-state index >= 15 is 0 Å². The molecule has 0 saturated carbocycles. The Morgan fingerprint density at radius 2 is 2.21 bits per heavy atom. The van der Waals surface area contributed by atoms with Crippen molar-refractivity contribution in [3.8, 4) is 11.5 Å². The van der Waals surface area contributed by atoms with Crippen LogP contribution >= 0.6 is 11.3 Å². The van der Waals surface area contributed by atoms with Crippen LogP contribution in [0.2, 0.25) is 0 Å². The van der Waals surface area contributed by atoms with Gasteiger partial charge in [-0.25, -0.2) is 9.37 Å². The van der Waals surface area contributed by atoms with Gasteiger partial charge in [0.2, 0.25) is 5.91 Å². The standard InChI is InChI=1S/C20H22FN5O2S/c1-2-3-17-23-19(28-25-17)14-4-5-16(15(21)12-14)26-9-6-13(7-10-26)18(27)24-20-22-8-11-29-20/h4-5,8,11-13H,2-3,6-7,9-10H2,1H3,(H,22,24,27).